The molecule has 0 spiro atoms. The lowest BCUT2D eigenvalue weighted by Gasteiger charge is -2.39. The van der Waals surface area contributed by atoms with Crippen molar-refractivity contribution in [3.63, 3.8) is 0 Å². The lowest BCUT2D eigenvalue weighted by atomic mass is 9.79. The molecule has 2 aromatic heterocycles. The summed E-state index contributed by atoms with van der Waals surface area (Å²) in [6.45, 7) is 4.47. The predicted octanol–water partition coefficient (Wildman–Crippen LogP) is 5.95. The molecule has 2 N–H and O–H groups in total. The summed E-state index contributed by atoms with van der Waals surface area (Å²) >= 11 is 0. The third-order valence-corrected chi connectivity index (χ3v) is 6.83. The Balaban J connectivity index is 1.55. The van der Waals surface area contributed by atoms with E-state index in [9.17, 15) is 8.78 Å². The Kier molecular flexibility index (Phi) is 5.02. The number of imidazole rings is 1. The molecule has 0 aliphatic heterocycles. The fraction of sp³-hybridized carbons (Fsp3) is 0.522. The van der Waals surface area contributed by atoms with Crippen LogP contribution >= 0.6 is 0 Å². The zero-order valence-corrected chi connectivity index (χ0v) is 18.0. The average Bonchev–Trinajstić information content (AvgIpc) is 3.07. The maximum atomic E-state index is 14.3. The lowest BCUT2D eigenvalue weighted by molar-refractivity contribution is 0.294. The van der Waals surface area contributed by atoms with Crippen LogP contribution in [0.5, 0.6) is 0 Å². The standard InChI is InChI=1S/C23H28F2N6/c1-14-4-7-16(8-5-14)31-20-19(13-26-21(29-20)30-23(2)10-3-11-23)28-22(31)27-18-9-6-15(24)12-17(18)25/h6,9,12-14,16H,3-5,7-8,10-11H2,1-2H3,(H,27,28)(H,26,29,30)/t14-,16+. The van der Waals surface area contributed by atoms with Gasteiger partial charge in [-0.1, -0.05) is 6.92 Å². The molecule has 0 amide bonds. The molecule has 164 valence electrons. The number of benzene rings is 1. The molecule has 1 aromatic carbocycles. The zero-order valence-electron chi connectivity index (χ0n) is 18.0. The van der Waals surface area contributed by atoms with Gasteiger partial charge in [0.1, 0.15) is 17.2 Å². The van der Waals surface area contributed by atoms with Gasteiger partial charge in [-0.2, -0.15) is 4.98 Å². The molecule has 0 bridgehead atoms. The molecule has 3 aromatic rings. The van der Waals surface area contributed by atoms with E-state index in [0.717, 1.165) is 50.2 Å². The van der Waals surface area contributed by atoms with E-state index in [2.05, 4.69) is 39.0 Å². The van der Waals surface area contributed by atoms with Gasteiger partial charge in [0.05, 0.1) is 11.9 Å². The molecule has 2 aliphatic rings. The van der Waals surface area contributed by atoms with Gasteiger partial charge < -0.3 is 10.6 Å². The summed E-state index contributed by atoms with van der Waals surface area (Å²) in [6, 6.07) is 3.72. The van der Waals surface area contributed by atoms with Crippen molar-refractivity contribution in [3.05, 3.63) is 36.0 Å². The van der Waals surface area contributed by atoms with Crippen LogP contribution in [0, 0.1) is 17.6 Å². The van der Waals surface area contributed by atoms with E-state index in [1.807, 2.05) is 0 Å². The summed E-state index contributed by atoms with van der Waals surface area (Å²) < 4.78 is 29.8. The number of rotatable bonds is 5. The van der Waals surface area contributed by atoms with Crippen molar-refractivity contribution < 1.29 is 8.78 Å². The molecule has 0 unspecified atom stereocenters. The van der Waals surface area contributed by atoms with Crippen molar-refractivity contribution >= 4 is 28.7 Å². The van der Waals surface area contributed by atoms with Gasteiger partial charge in [0.15, 0.2) is 5.65 Å². The number of halogens is 2. The SMILES string of the molecule is CC1(Nc2ncc3nc(Nc4ccc(F)cc4F)n([C@H]4CC[C@@H](C)CC4)c3n2)CCC1. The van der Waals surface area contributed by atoms with E-state index in [1.54, 1.807) is 6.20 Å². The molecule has 0 atom stereocenters. The normalized spacial score (nSPS) is 22.8. The third-order valence-electron chi connectivity index (χ3n) is 6.83. The van der Waals surface area contributed by atoms with Crippen LogP contribution in [0.25, 0.3) is 11.2 Å². The number of aromatic nitrogens is 4. The summed E-state index contributed by atoms with van der Waals surface area (Å²) in [7, 11) is 0. The molecule has 0 radical (unpaired) electrons. The molecule has 0 saturated heterocycles. The van der Waals surface area contributed by atoms with Gasteiger partial charge in [-0.25, -0.2) is 18.7 Å². The molecule has 6 nitrogen and oxygen atoms in total. The van der Waals surface area contributed by atoms with Crippen LogP contribution in [0.4, 0.5) is 26.4 Å². The van der Waals surface area contributed by atoms with E-state index >= 15 is 0 Å². The molecule has 2 fully saturated rings. The number of hydrogen-bond acceptors (Lipinski definition) is 5. The first-order valence-corrected chi connectivity index (χ1v) is 11.2. The summed E-state index contributed by atoms with van der Waals surface area (Å²) in [5.74, 6) is 0.550. The van der Waals surface area contributed by atoms with Crippen LogP contribution in [-0.4, -0.2) is 25.1 Å². The van der Waals surface area contributed by atoms with E-state index in [1.165, 1.54) is 18.6 Å². The maximum absolute atomic E-state index is 14.3. The Hall–Kier alpha value is -2.77. The Morgan fingerprint density at radius 2 is 1.87 bits per heavy atom. The molecule has 2 aliphatic carbocycles. The van der Waals surface area contributed by atoms with Crippen molar-refractivity contribution in [1.82, 2.24) is 19.5 Å². The Morgan fingerprint density at radius 3 is 2.55 bits per heavy atom. The second-order valence-electron chi connectivity index (χ2n) is 9.41. The van der Waals surface area contributed by atoms with Crippen molar-refractivity contribution in [2.75, 3.05) is 10.6 Å². The monoisotopic (exact) mass is 426 g/mol. The van der Waals surface area contributed by atoms with Gasteiger partial charge in [0, 0.05) is 17.6 Å². The third kappa shape index (κ3) is 3.95. The first-order chi connectivity index (χ1) is 14.9. The van der Waals surface area contributed by atoms with Crippen molar-refractivity contribution in [1.29, 1.82) is 0 Å². The molecule has 31 heavy (non-hydrogen) atoms. The molecular weight excluding hydrogens is 398 g/mol. The van der Waals surface area contributed by atoms with Crippen molar-refractivity contribution in [2.45, 2.75) is 70.4 Å². The van der Waals surface area contributed by atoms with Gasteiger partial charge in [-0.3, -0.25) is 4.57 Å². The van der Waals surface area contributed by atoms with Gasteiger partial charge in [0.2, 0.25) is 11.9 Å². The van der Waals surface area contributed by atoms with Gasteiger partial charge in [-0.05, 0) is 69.9 Å². The van der Waals surface area contributed by atoms with E-state index < -0.39 is 11.6 Å². The lowest BCUT2D eigenvalue weighted by Crippen LogP contribution is -2.42. The van der Waals surface area contributed by atoms with Gasteiger partial charge >= 0.3 is 0 Å². The number of nitrogens with zero attached hydrogens (tertiary/aromatic N) is 4. The molecule has 2 saturated carbocycles. The smallest absolute Gasteiger partial charge is 0.225 e. The van der Waals surface area contributed by atoms with Crippen LogP contribution in [0.3, 0.4) is 0 Å². The zero-order chi connectivity index (χ0) is 21.6. The highest BCUT2D eigenvalue weighted by atomic mass is 19.1. The fourth-order valence-electron chi connectivity index (χ4n) is 4.70. The van der Waals surface area contributed by atoms with Crippen LogP contribution in [-0.2, 0) is 0 Å². The highest BCUT2D eigenvalue weighted by Crippen LogP contribution is 2.38. The molecule has 2 heterocycles. The predicted molar refractivity (Wildman–Crippen MR) is 118 cm³/mol. The minimum absolute atomic E-state index is 0.0388. The van der Waals surface area contributed by atoms with Crippen LogP contribution in [0.2, 0.25) is 0 Å². The van der Waals surface area contributed by atoms with E-state index in [-0.39, 0.29) is 17.3 Å². The van der Waals surface area contributed by atoms with Crippen LogP contribution in [0.1, 0.15) is 64.8 Å². The van der Waals surface area contributed by atoms with E-state index in [4.69, 9.17) is 4.98 Å². The van der Waals surface area contributed by atoms with Crippen LogP contribution in [0.15, 0.2) is 24.4 Å². The molecule has 8 heteroatoms. The van der Waals surface area contributed by atoms with Crippen molar-refractivity contribution in [2.24, 2.45) is 5.92 Å². The number of hydrogen-bond donors (Lipinski definition) is 2. The summed E-state index contributed by atoms with van der Waals surface area (Å²) in [6.07, 6.45) is 9.42. The Bertz CT molecular complexity index is 1100. The summed E-state index contributed by atoms with van der Waals surface area (Å²) in [4.78, 5) is 14.0. The fourth-order valence-corrected chi connectivity index (χ4v) is 4.70. The largest absolute Gasteiger partial charge is 0.349 e. The van der Waals surface area contributed by atoms with Gasteiger partial charge in [0.25, 0.3) is 0 Å². The Morgan fingerprint density at radius 1 is 1.10 bits per heavy atom. The number of nitrogens with one attached hydrogen (secondary N) is 2. The number of fused-ring (bicyclic) bond motifs is 1. The first kappa shape index (κ1) is 20.2. The average molecular weight is 427 g/mol. The van der Waals surface area contributed by atoms with Crippen molar-refractivity contribution in [3.8, 4) is 0 Å². The van der Waals surface area contributed by atoms with Gasteiger partial charge in [-0.15, -0.1) is 0 Å². The first-order valence-electron chi connectivity index (χ1n) is 11.2. The maximum Gasteiger partial charge on any atom is 0.225 e. The Labute approximate surface area is 180 Å². The summed E-state index contributed by atoms with van der Waals surface area (Å²) in [5.41, 5.74) is 1.63. The minimum Gasteiger partial charge on any atom is -0.349 e. The number of anilines is 3. The topological polar surface area (TPSA) is 67.7 Å². The quantitative estimate of drug-likeness (QED) is 0.527. The minimum atomic E-state index is -0.651. The molecule has 5 rings (SSSR count). The second kappa shape index (κ2) is 7.73. The van der Waals surface area contributed by atoms with Crippen LogP contribution < -0.4 is 10.6 Å². The highest BCUT2D eigenvalue weighted by molar-refractivity contribution is 5.76. The molecular formula is C23H28F2N6. The highest BCUT2D eigenvalue weighted by Gasteiger charge is 2.33. The van der Waals surface area contributed by atoms with E-state index in [0.29, 0.717) is 23.3 Å². The second-order valence-corrected chi connectivity index (χ2v) is 9.41. The summed E-state index contributed by atoms with van der Waals surface area (Å²) in [5, 5.41) is 6.55.